The van der Waals surface area contributed by atoms with Crippen LogP contribution in [0.1, 0.15) is 18.5 Å². The molecule has 0 unspecified atom stereocenters. The average molecular weight is 487 g/mol. The number of halogens is 1. The van der Waals surface area contributed by atoms with Crippen molar-refractivity contribution in [2.24, 2.45) is 5.92 Å². The standard InChI is InChI=1S/C23H23ClN4O4S/c24-22-21(8-4-12-26-22)33(30,31)28-13-9-17(10-14-28)23(29)27-18-6-3-7-20(15-18)32-16-19-5-1-2-11-25-19/h1-8,11-12,15,17H,9-10,13-14,16H2,(H,27,29). The first-order chi connectivity index (χ1) is 15.9. The fourth-order valence-corrected chi connectivity index (χ4v) is 5.51. The van der Waals surface area contributed by atoms with Gasteiger partial charge in [-0.25, -0.2) is 13.4 Å². The van der Waals surface area contributed by atoms with Crippen molar-refractivity contribution in [1.29, 1.82) is 0 Å². The molecule has 1 aromatic carbocycles. The van der Waals surface area contributed by atoms with Crippen molar-refractivity contribution in [3.8, 4) is 5.75 Å². The zero-order chi connectivity index (χ0) is 23.3. The summed E-state index contributed by atoms with van der Waals surface area (Å²) >= 11 is 5.97. The molecule has 2 aromatic heterocycles. The Balaban J connectivity index is 1.33. The van der Waals surface area contributed by atoms with Gasteiger partial charge in [0.15, 0.2) is 0 Å². The molecule has 0 spiro atoms. The molecule has 4 rings (SSSR count). The summed E-state index contributed by atoms with van der Waals surface area (Å²) in [5.41, 5.74) is 1.43. The Morgan fingerprint density at radius 3 is 2.58 bits per heavy atom. The number of rotatable bonds is 7. The fraction of sp³-hybridized carbons (Fsp3) is 0.261. The van der Waals surface area contributed by atoms with Gasteiger partial charge in [0.25, 0.3) is 0 Å². The fourth-order valence-electron chi connectivity index (χ4n) is 3.61. The summed E-state index contributed by atoms with van der Waals surface area (Å²) in [6, 6.07) is 15.7. The van der Waals surface area contributed by atoms with E-state index in [4.69, 9.17) is 16.3 Å². The van der Waals surface area contributed by atoms with Crippen molar-refractivity contribution < 1.29 is 17.9 Å². The third-order valence-electron chi connectivity index (χ3n) is 5.38. The number of carbonyl (C=O) groups is 1. The van der Waals surface area contributed by atoms with E-state index in [0.717, 1.165) is 5.69 Å². The minimum Gasteiger partial charge on any atom is -0.487 e. The van der Waals surface area contributed by atoms with Crippen LogP contribution in [0.2, 0.25) is 5.15 Å². The van der Waals surface area contributed by atoms with Gasteiger partial charge in [-0.15, -0.1) is 0 Å². The van der Waals surface area contributed by atoms with Crippen molar-refractivity contribution in [2.75, 3.05) is 18.4 Å². The molecule has 3 aromatic rings. The predicted octanol–water partition coefficient (Wildman–Crippen LogP) is 3.75. The van der Waals surface area contributed by atoms with Crippen LogP contribution in [-0.4, -0.2) is 41.7 Å². The van der Waals surface area contributed by atoms with Crippen LogP contribution in [0.5, 0.6) is 5.75 Å². The molecule has 1 amide bonds. The highest BCUT2D eigenvalue weighted by Gasteiger charge is 2.33. The van der Waals surface area contributed by atoms with E-state index in [1.54, 1.807) is 24.4 Å². The summed E-state index contributed by atoms with van der Waals surface area (Å²) in [5.74, 6) is 0.181. The van der Waals surface area contributed by atoms with Crippen LogP contribution in [0.4, 0.5) is 5.69 Å². The van der Waals surface area contributed by atoms with Gasteiger partial charge < -0.3 is 10.1 Å². The van der Waals surface area contributed by atoms with Crippen molar-refractivity contribution in [3.05, 3.63) is 77.8 Å². The second-order valence-electron chi connectivity index (χ2n) is 7.60. The third kappa shape index (κ3) is 5.68. The zero-order valence-electron chi connectivity index (χ0n) is 17.7. The number of benzene rings is 1. The van der Waals surface area contributed by atoms with Gasteiger partial charge in [-0.1, -0.05) is 23.7 Å². The second-order valence-corrected chi connectivity index (χ2v) is 9.86. The lowest BCUT2D eigenvalue weighted by molar-refractivity contribution is -0.120. The molecule has 10 heteroatoms. The molecule has 172 valence electrons. The van der Waals surface area contributed by atoms with Gasteiger partial charge in [-0.2, -0.15) is 4.31 Å². The third-order valence-corrected chi connectivity index (χ3v) is 7.73. The second kappa shape index (κ2) is 10.3. The van der Waals surface area contributed by atoms with Gasteiger partial charge in [0.2, 0.25) is 15.9 Å². The summed E-state index contributed by atoms with van der Waals surface area (Å²) in [6.45, 7) is 0.795. The lowest BCUT2D eigenvalue weighted by Gasteiger charge is -2.30. The van der Waals surface area contributed by atoms with E-state index in [9.17, 15) is 13.2 Å². The van der Waals surface area contributed by atoms with E-state index in [0.29, 0.717) is 30.9 Å². The van der Waals surface area contributed by atoms with Crippen molar-refractivity contribution in [2.45, 2.75) is 24.3 Å². The Morgan fingerprint density at radius 1 is 1.06 bits per heavy atom. The number of nitrogens with zero attached hydrogens (tertiary/aromatic N) is 3. The number of sulfonamides is 1. The number of piperidine rings is 1. The molecule has 1 aliphatic rings. The molecule has 33 heavy (non-hydrogen) atoms. The first-order valence-electron chi connectivity index (χ1n) is 10.5. The molecule has 0 radical (unpaired) electrons. The SMILES string of the molecule is O=C(Nc1cccc(OCc2ccccn2)c1)C1CCN(S(=O)(=O)c2cccnc2Cl)CC1. The molecule has 0 bridgehead atoms. The van der Waals surface area contributed by atoms with E-state index in [1.165, 1.54) is 22.6 Å². The van der Waals surface area contributed by atoms with Crippen LogP contribution in [0, 0.1) is 5.92 Å². The first-order valence-corrected chi connectivity index (χ1v) is 12.3. The van der Waals surface area contributed by atoms with Crippen LogP contribution in [0.25, 0.3) is 0 Å². The van der Waals surface area contributed by atoms with Gasteiger partial charge in [0.1, 0.15) is 22.4 Å². The number of aromatic nitrogens is 2. The molecule has 1 fully saturated rings. The van der Waals surface area contributed by atoms with Crippen LogP contribution in [0.3, 0.4) is 0 Å². The van der Waals surface area contributed by atoms with Crippen molar-refractivity contribution in [3.63, 3.8) is 0 Å². The van der Waals surface area contributed by atoms with E-state index in [2.05, 4.69) is 15.3 Å². The molecule has 1 N–H and O–H groups in total. The number of pyridine rings is 2. The summed E-state index contributed by atoms with van der Waals surface area (Å²) in [4.78, 5) is 20.8. The van der Waals surface area contributed by atoms with Gasteiger partial charge in [-0.05, 0) is 49.2 Å². The molecule has 1 aliphatic heterocycles. The maximum Gasteiger partial charge on any atom is 0.246 e. The maximum absolute atomic E-state index is 12.9. The lowest BCUT2D eigenvalue weighted by atomic mass is 9.97. The Kier molecular flexibility index (Phi) is 7.22. The molecular weight excluding hydrogens is 464 g/mol. The number of ether oxygens (including phenoxy) is 1. The van der Waals surface area contributed by atoms with Crippen LogP contribution in [0.15, 0.2) is 71.9 Å². The van der Waals surface area contributed by atoms with Gasteiger partial charge >= 0.3 is 0 Å². The Hall–Kier alpha value is -3.01. The van der Waals surface area contributed by atoms with E-state index in [1.807, 2.05) is 24.3 Å². The quantitative estimate of drug-likeness (QED) is 0.510. The highest BCUT2D eigenvalue weighted by atomic mass is 35.5. The van der Waals surface area contributed by atoms with Crippen molar-refractivity contribution in [1.82, 2.24) is 14.3 Å². The number of carbonyl (C=O) groups excluding carboxylic acids is 1. The minimum absolute atomic E-state index is 0.0166. The number of hydrogen-bond acceptors (Lipinski definition) is 6. The number of anilines is 1. The van der Waals surface area contributed by atoms with Gasteiger partial charge in [-0.3, -0.25) is 9.78 Å². The van der Waals surface area contributed by atoms with Crippen molar-refractivity contribution >= 4 is 33.2 Å². The summed E-state index contributed by atoms with van der Waals surface area (Å²) in [7, 11) is -3.75. The summed E-state index contributed by atoms with van der Waals surface area (Å²) < 4.78 is 32.8. The molecule has 8 nitrogen and oxygen atoms in total. The first kappa shape index (κ1) is 23.2. The molecule has 0 atom stereocenters. The number of hydrogen-bond donors (Lipinski definition) is 1. The largest absolute Gasteiger partial charge is 0.487 e. The lowest BCUT2D eigenvalue weighted by Crippen LogP contribution is -2.41. The Morgan fingerprint density at radius 2 is 1.85 bits per heavy atom. The van der Waals surface area contributed by atoms with E-state index in [-0.39, 0.29) is 35.0 Å². The highest BCUT2D eigenvalue weighted by Crippen LogP contribution is 2.28. The topological polar surface area (TPSA) is 101 Å². The van der Waals surface area contributed by atoms with Gasteiger partial charge in [0.05, 0.1) is 5.69 Å². The van der Waals surface area contributed by atoms with E-state index < -0.39 is 10.0 Å². The summed E-state index contributed by atoms with van der Waals surface area (Å²) in [6.07, 6.45) is 3.98. The molecule has 1 saturated heterocycles. The van der Waals surface area contributed by atoms with Crippen LogP contribution >= 0.6 is 11.6 Å². The van der Waals surface area contributed by atoms with E-state index >= 15 is 0 Å². The molecular formula is C23H23ClN4O4S. The Labute approximate surface area is 197 Å². The highest BCUT2D eigenvalue weighted by molar-refractivity contribution is 7.89. The minimum atomic E-state index is -3.75. The molecule has 0 aliphatic carbocycles. The molecule has 0 saturated carbocycles. The average Bonchev–Trinajstić information content (AvgIpc) is 2.84. The predicted molar refractivity (Wildman–Crippen MR) is 124 cm³/mol. The zero-order valence-corrected chi connectivity index (χ0v) is 19.3. The molecule has 3 heterocycles. The van der Waals surface area contributed by atoms with Gasteiger partial charge in [0, 0.05) is 43.2 Å². The van der Waals surface area contributed by atoms with Crippen LogP contribution < -0.4 is 10.1 Å². The number of nitrogens with one attached hydrogen (secondary N) is 1. The maximum atomic E-state index is 12.9. The Bertz CT molecular complexity index is 1220. The normalized spacial score (nSPS) is 15.2. The summed E-state index contributed by atoms with van der Waals surface area (Å²) in [5, 5.41) is 2.86. The smallest absolute Gasteiger partial charge is 0.246 e. The monoisotopic (exact) mass is 486 g/mol. The number of amides is 1. The van der Waals surface area contributed by atoms with Crippen LogP contribution in [-0.2, 0) is 21.4 Å².